The molecule has 0 unspecified atom stereocenters. The topological polar surface area (TPSA) is 87.2 Å². The van der Waals surface area contributed by atoms with Crippen LogP contribution >= 0.6 is 0 Å². The third-order valence-corrected chi connectivity index (χ3v) is 5.23. The molecule has 1 aliphatic rings. The Bertz CT molecular complexity index is 607. The predicted octanol–water partition coefficient (Wildman–Crippen LogP) is 0.755. The molecule has 1 saturated heterocycles. The van der Waals surface area contributed by atoms with Crippen LogP contribution in [0.25, 0.3) is 0 Å². The number of nitrogens with zero attached hydrogens (tertiary/aromatic N) is 2. The summed E-state index contributed by atoms with van der Waals surface area (Å²) in [6, 6.07) is 8.27. The second-order valence-corrected chi connectivity index (χ2v) is 7.27. The van der Waals surface area contributed by atoms with Crippen LogP contribution in [0.4, 0.5) is 0 Å². The van der Waals surface area contributed by atoms with Crippen LogP contribution in [0.15, 0.2) is 29.2 Å². The van der Waals surface area contributed by atoms with Gasteiger partial charge in [-0.2, -0.15) is 5.26 Å². The van der Waals surface area contributed by atoms with E-state index in [2.05, 4.69) is 4.90 Å². The van der Waals surface area contributed by atoms with Gasteiger partial charge in [-0.15, -0.1) is 0 Å². The maximum Gasteiger partial charge on any atom is 0.179 e. The van der Waals surface area contributed by atoms with E-state index in [0.29, 0.717) is 12.1 Å². The monoisotopic (exact) mass is 293 g/mol. The molecule has 1 atom stereocenters. The molecule has 1 heterocycles. The Balaban J connectivity index is 2.02. The van der Waals surface area contributed by atoms with Gasteiger partial charge in [0.15, 0.2) is 9.84 Å². The molecule has 0 spiro atoms. The average molecular weight is 293 g/mol. The van der Waals surface area contributed by atoms with Crippen LogP contribution in [0.1, 0.15) is 18.4 Å². The second kappa shape index (κ2) is 6.35. The van der Waals surface area contributed by atoms with Gasteiger partial charge in [0.05, 0.1) is 22.3 Å². The van der Waals surface area contributed by atoms with Crippen LogP contribution in [-0.2, 0) is 9.84 Å². The number of rotatable bonds is 4. The highest BCUT2D eigenvalue weighted by Crippen LogP contribution is 2.14. The predicted molar refractivity (Wildman–Crippen MR) is 76.9 cm³/mol. The maximum atomic E-state index is 12.3. The summed E-state index contributed by atoms with van der Waals surface area (Å²) in [5, 5.41) is 8.82. The molecular formula is C14H19N3O2S. The van der Waals surface area contributed by atoms with E-state index in [1.54, 1.807) is 12.1 Å². The number of hydrogen-bond donors (Lipinski definition) is 1. The zero-order valence-corrected chi connectivity index (χ0v) is 12.1. The van der Waals surface area contributed by atoms with Gasteiger partial charge in [0.1, 0.15) is 0 Å². The van der Waals surface area contributed by atoms with Crippen molar-refractivity contribution in [2.24, 2.45) is 5.73 Å². The number of hydrogen-bond acceptors (Lipinski definition) is 5. The van der Waals surface area contributed by atoms with Crippen molar-refractivity contribution in [1.29, 1.82) is 5.26 Å². The lowest BCUT2D eigenvalue weighted by Gasteiger charge is -2.30. The fraction of sp³-hybridized carbons (Fsp3) is 0.500. The highest BCUT2D eigenvalue weighted by atomic mass is 32.2. The summed E-state index contributed by atoms with van der Waals surface area (Å²) in [5.74, 6) is 0.0641. The van der Waals surface area contributed by atoms with Crippen molar-refractivity contribution in [2.75, 3.05) is 25.4 Å². The zero-order chi connectivity index (χ0) is 14.6. The fourth-order valence-electron chi connectivity index (χ4n) is 2.42. The van der Waals surface area contributed by atoms with Crippen molar-refractivity contribution in [3.05, 3.63) is 29.8 Å². The second-order valence-electron chi connectivity index (χ2n) is 5.16. The summed E-state index contributed by atoms with van der Waals surface area (Å²) in [6.45, 7) is 2.15. The van der Waals surface area contributed by atoms with E-state index in [0.717, 1.165) is 25.9 Å². The van der Waals surface area contributed by atoms with Gasteiger partial charge in [0, 0.05) is 19.1 Å². The molecule has 5 nitrogen and oxygen atoms in total. The molecule has 6 heteroatoms. The molecule has 2 rings (SSSR count). The Morgan fingerprint density at radius 2 is 2.25 bits per heavy atom. The fourth-order valence-corrected chi connectivity index (χ4v) is 3.75. The third kappa shape index (κ3) is 3.79. The molecule has 108 valence electrons. The minimum atomic E-state index is -3.34. The zero-order valence-electron chi connectivity index (χ0n) is 11.3. The summed E-state index contributed by atoms with van der Waals surface area (Å²) < 4.78 is 24.5. The van der Waals surface area contributed by atoms with Crippen molar-refractivity contribution >= 4 is 9.84 Å². The molecule has 0 radical (unpaired) electrons. The Hall–Kier alpha value is -1.42. The van der Waals surface area contributed by atoms with Crippen molar-refractivity contribution in [1.82, 2.24) is 4.90 Å². The lowest BCUT2D eigenvalue weighted by atomic mass is 10.1. The Morgan fingerprint density at radius 3 is 2.95 bits per heavy atom. The summed E-state index contributed by atoms with van der Waals surface area (Å²) in [7, 11) is -3.34. The largest absolute Gasteiger partial charge is 0.327 e. The van der Waals surface area contributed by atoms with Crippen molar-refractivity contribution < 1.29 is 8.42 Å². The number of nitriles is 1. The van der Waals surface area contributed by atoms with E-state index in [1.807, 2.05) is 6.07 Å². The van der Waals surface area contributed by atoms with E-state index in [4.69, 9.17) is 11.0 Å². The Kier molecular flexibility index (Phi) is 4.76. The van der Waals surface area contributed by atoms with Crippen LogP contribution in [-0.4, -0.2) is 44.7 Å². The Morgan fingerprint density at radius 1 is 1.45 bits per heavy atom. The minimum Gasteiger partial charge on any atom is -0.327 e. The quantitative estimate of drug-likeness (QED) is 0.885. The van der Waals surface area contributed by atoms with Crippen molar-refractivity contribution in [2.45, 2.75) is 23.8 Å². The molecular weight excluding hydrogens is 274 g/mol. The molecule has 1 aromatic carbocycles. The molecule has 0 aromatic heterocycles. The van der Waals surface area contributed by atoms with Crippen LogP contribution in [0.2, 0.25) is 0 Å². The van der Waals surface area contributed by atoms with Crippen molar-refractivity contribution in [3.63, 3.8) is 0 Å². The Labute approximate surface area is 119 Å². The minimum absolute atomic E-state index is 0.0641. The smallest absolute Gasteiger partial charge is 0.179 e. The van der Waals surface area contributed by atoms with Crippen LogP contribution in [0.5, 0.6) is 0 Å². The highest BCUT2D eigenvalue weighted by Gasteiger charge is 2.20. The first-order valence-corrected chi connectivity index (χ1v) is 8.37. The molecule has 0 amide bonds. The first kappa shape index (κ1) is 15.0. The summed E-state index contributed by atoms with van der Waals surface area (Å²) >= 11 is 0. The van der Waals surface area contributed by atoms with E-state index < -0.39 is 9.84 Å². The molecule has 1 aromatic rings. The number of sulfone groups is 1. The van der Waals surface area contributed by atoms with E-state index in [-0.39, 0.29) is 16.7 Å². The number of nitrogens with two attached hydrogens (primary N) is 1. The van der Waals surface area contributed by atoms with Gasteiger partial charge in [0.2, 0.25) is 0 Å². The normalized spacial score (nSPS) is 20.5. The third-order valence-electron chi connectivity index (χ3n) is 3.54. The lowest BCUT2D eigenvalue weighted by Crippen LogP contribution is -2.44. The molecule has 1 aliphatic heterocycles. The van der Waals surface area contributed by atoms with Gasteiger partial charge in [0.25, 0.3) is 0 Å². The van der Waals surface area contributed by atoms with Gasteiger partial charge in [-0.05, 0) is 37.6 Å². The molecule has 2 N–H and O–H groups in total. The molecule has 0 bridgehead atoms. The molecule has 1 fully saturated rings. The van der Waals surface area contributed by atoms with Crippen LogP contribution in [0.3, 0.4) is 0 Å². The standard InChI is InChI=1S/C14H19N3O2S/c15-10-12-3-1-5-14(9-12)20(18,19)8-7-17-6-2-4-13(16)11-17/h1,3,5,9,13H,2,4,6-8,11,16H2/t13-/m1/s1. The summed E-state index contributed by atoms with van der Waals surface area (Å²) in [5.41, 5.74) is 6.25. The van der Waals surface area contributed by atoms with E-state index in [1.165, 1.54) is 12.1 Å². The molecule has 0 aliphatic carbocycles. The summed E-state index contributed by atoms with van der Waals surface area (Å²) in [6.07, 6.45) is 2.03. The SMILES string of the molecule is N#Cc1cccc(S(=O)(=O)CCN2CCC[C@@H](N)C2)c1. The van der Waals surface area contributed by atoms with Gasteiger partial charge < -0.3 is 10.6 Å². The van der Waals surface area contributed by atoms with Crippen molar-refractivity contribution in [3.8, 4) is 6.07 Å². The average Bonchev–Trinajstić information content (AvgIpc) is 2.45. The first-order chi connectivity index (χ1) is 9.51. The first-order valence-electron chi connectivity index (χ1n) is 6.72. The van der Waals surface area contributed by atoms with Gasteiger partial charge in [-0.1, -0.05) is 6.07 Å². The van der Waals surface area contributed by atoms with Crippen LogP contribution in [0, 0.1) is 11.3 Å². The van der Waals surface area contributed by atoms with E-state index in [9.17, 15) is 8.42 Å². The van der Waals surface area contributed by atoms with Gasteiger partial charge in [-0.3, -0.25) is 0 Å². The molecule has 0 saturated carbocycles. The van der Waals surface area contributed by atoms with Gasteiger partial charge >= 0.3 is 0 Å². The van der Waals surface area contributed by atoms with Crippen LogP contribution < -0.4 is 5.73 Å². The summed E-state index contributed by atoms with van der Waals surface area (Å²) in [4.78, 5) is 2.32. The number of piperidine rings is 1. The lowest BCUT2D eigenvalue weighted by molar-refractivity contribution is 0.220. The molecule has 20 heavy (non-hydrogen) atoms. The maximum absolute atomic E-state index is 12.3. The highest BCUT2D eigenvalue weighted by molar-refractivity contribution is 7.91. The number of likely N-dealkylation sites (tertiary alicyclic amines) is 1. The van der Waals surface area contributed by atoms with E-state index >= 15 is 0 Å². The van der Waals surface area contributed by atoms with Gasteiger partial charge in [-0.25, -0.2) is 8.42 Å². The number of benzene rings is 1.